The van der Waals surface area contributed by atoms with Gasteiger partial charge in [0, 0.05) is 12.2 Å². The lowest BCUT2D eigenvalue weighted by Crippen LogP contribution is -2.58. The minimum Gasteiger partial charge on any atom is -0.392 e. The van der Waals surface area contributed by atoms with E-state index in [-0.39, 0.29) is 31.5 Å². The molecule has 1 aliphatic rings. The zero-order valence-electron chi connectivity index (χ0n) is 20.2. The Balaban J connectivity index is 1.69. The minimum absolute atomic E-state index is 0.116. The highest BCUT2D eigenvalue weighted by Crippen LogP contribution is 2.42. The van der Waals surface area contributed by atoms with Crippen LogP contribution < -0.4 is 27.0 Å². The van der Waals surface area contributed by atoms with E-state index in [0.717, 1.165) is 12.0 Å². The largest absolute Gasteiger partial charge is 0.392 e. The lowest BCUT2D eigenvalue weighted by Gasteiger charge is -2.40. The van der Waals surface area contributed by atoms with Crippen molar-refractivity contribution in [2.75, 3.05) is 11.9 Å². The molecule has 0 unspecified atom stereocenters. The van der Waals surface area contributed by atoms with Crippen molar-refractivity contribution < 1.29 is 24.3 Å². The quantitative estimate of drug-likeness (QED) is 0.188. The molecule has 1 heterocycles. The summed E-state index contributed by atoms with van der Waals surface area (Å²) in [5, 5.41) is 24.1. The van der Waals surface area contributed by atoms with Crippen molar-refractivity contribution in [1.29, 1.82) is 0 Å². The second-order valence-electron chi connectivity index (χ2n) is 8.99. The average molecular weight is 516 g/mol. The summed E-state index contributed by atoms with van der Waals surface area (Å²) in [5.74, 6) is -1.28. The van der Waals surface area contributed by atoms with Crippen LogP contribution in [0, 0.1) is 5.41 Å². The smallest absolute Gasteiger partial charge is 0.312 e. The Labute approximate surface area is 214 Å². The van der Waals surface area contributed by atoms with Gasteiger partial charge in [-0.05, 0) is 72.7 Å². The fraction of sp³-hybridized carbons (Fsp3) is 0.440. The Bertz CT molecular complexity index is 1050. The summed E-state index contributed by atoms with van der Waals surface area (Å²) < 4.78 is 0. The molecule has 2 aromatic rings. The van der Waals surface area contributed by atoms with Gasteiger partial charge >= 0.3 is 6.03 Å². The summed E-state index contributed by atoms with van der Waals surface area (Å²) in [6.45, 7) is 1.99. The molecule has 1 aromatic heterocycles. The predicted octanol–water partition coefficient (Wildman–Crippen LogP) is 2.16. The molecule has 10 nitrogen and oxygen atoms in total. The maximum atomic E-state index is 13.4. The molecule has 1 aromatic carbocycles. The first-order valence-corrected chi connectivity index (χ1v) is 12.9. The Morgan fingerprint density at radius 2 is 1.78 bits per heavy atom. The van der Waals surface area contributed by atoms with E-state index in [9.17, 15) is 24.3 Å². The van der Waals surface area contributed by atoms with Crippen molar-refractivity contribution in [3.63, 3.8) is 0 Å². The molecule has 5 amide bonds. The van der Waals surface area contributed by atoms with Crippen molar-refractivity contribution >= 4 is 40.8 Å². The number of nitrogens with two attached hydrogens (primary N) is 1. The van der Waals surface area contributed by atoms with E-state index in [4.69, 9.17) is 5.73 Å². The number of aliphatic hydroxyl groups is 1. The molecule has 0 aliphatic heterocycles. The van der Waals surface area contributed by atoms with Gasteiger partial charge in [-0.15, -0.1) is 0 Å². The van der Waals surface area contributed by atoms with E-state index in [1.54, 1.807) is 24.3 Å². The second-order valence-corrected chi connectivity index (χ2v) is 9.77. The van der Waals surface area contributed by atoms with E-state index < -0.39 is 29.3 Å². The van der Waals surface area contributed by atoms with Crippen LogP contribution in [0.15, 0.2) is 41.1 Å². The molecular formula is C25H33N5O5S. The van der Waals surface area contributed by atoms with Crippen molar-refractivity contribution in [2.24, 2.45) is 11.1 Å². The summed E-state index contributed by atoms with van der Waals surface area (Å²) in [6, 6.07) is 6.77. The van der Waals surface area contributed by atoms with E-state index in [0.29, 0.717) is 30.5 Å². The zero-order valence-corrected chi connectivity index (χ0v) is 21.0. The van der Waals surface area contributed by atoms with E-state index >= 15 is 0 Å². The third kappa shape index (κ3) is 6.82. The number of anilines is 1. The van der Waals surface area contributed by atoms with Crippen LogP contribution in [0.5, 0.6) is 0 Å². The third-order valence-electron chi connectivity index (χ3n) is 6.46. The van der Waals surface area contributed by atoms with Gasteiger partial charge in [0.15, 0.2) is 0 Å². The zero-order chi connectivity index (χ0) is 26.1. The SMILES string of the molecule is C[C@H](NC(=O)C1(C(=O)N[C@@H](CCCNC(N)=O)C(=O)Nc2ccc(CO)cc2)CCC1)c1ccsc1. The average Bonchev–Trinajstić information content (AvgIpc) is 3.36. The number of carbonyl (C=O) groups excluding carboxylic acids is 4. The number of amides is 5. The molecular weight excluding hydrogens is 482 g/mol. The number of hydrogen-bond acceptors (Lipinski definition) is 6. The van der Waals surface area contributed by atoms with Gasteiger partial charge in [-0.25, -0.2) is 4.79 Å². The third-order valence-corrected chi connectivity index (χ3v) is 7.16. The molecule has 1 fully saturated rings. The first kappa shape index (κ1) is 27.2. The standard InChI is InChI=1S/C25H33N5O5S/c1-16(18-9-13-36-15-18)28-22(33)25(10-3-11-25)23(34)30-20(4-2-12-27-24(26)35)21(32)29-19-7-5-17(14-31)6-8-19/h5-9,13,15-16,20,31H,2-4,10-12,14H2,1H3,(H,28,33)(H,29,32)(H,30,34)(H3,26,27,35)/t16-,20-/m0/s1. The summed E-state index contributed by atoms with van der Waals surface area (Å²) in [4.78, 5) is 50.6. The lowest BCUT2D eigenvalue weighted by molar-refractivity contribution is -0.151. The topological polar surface area (TPSA) is 163 Å². The maximum Gasteiger partial charge on any atom is 0.312 e. The van der Waals surface area contributed by atoms with Gasteiger partial charge in [0.25, 0.3) is 0 Å². The molecule has 0 saturated heterocycles. The van der Waals surface area contributed by atoms with Gasteiger partial charge in [-0.1, -0.05) is 18.6 Å². The van der Waals surface area contributed by atoms with E-state index in [1.807, 2.05) is 23.8 Å². The highest BCUT2D eigenvalue weighted by atomic mass is 32.1. The van der Waals surface area contributed by atoms with E-state index in [2.05, 4.69) is 21.3 Å². The first-order chi connectivity index (χ1) is 17.2. The molecule has 1 aliphatic carbocycles. The molecule has 2 atom stereocenters. The molecule has 194 valence electrons. The van der Waals surface area contributed by atoms with Crippen molar-refractivity contribution in [1.82, 2.24) is 16.0 Å². The normalized spacial score (nSPS) is 15.6. The molecule has 0 bridgehead atoms. The van der Waals surface area contributed by atoms with Gasteiger partial charge in [-0.2, -0.15) is 11.3 Å². The molecule has 36 heavy (non-hydrogen) atoms. The first-order valence-electron chi connectivity index (χ1n) is 11.9. The fourth-order valence-electron chi connectivity index (χ4n) is 4.03. The Morgan fingerprint density at radius 1 is 1.08 bits per heavy atom. The molecule has 0 radical (unpaired) electrons. The maximum absolute atomic E-state index is 13.4. The van der Waals surface area contributed by atoms with Crippen LogP contribution in [0.1, 0.15) is 56.2 Å². The summed E-state index contributed by atoms with van der Waals surface area (Å²) >= 11 is 1.53. The Morgan fingerprint density at radius 3 is 2.33 bits per heavy atom. The predicted molar refractivity (Wildman–Crippen MR) is 137 cm³/mol. The number of nitrogens with one attached hydrogen (secondary N) is 4. The number of benzene rings is 1. The second kappa shape index (κ2) is 12.5. The van der Waals surface area contributed by atoms with Crippen LogP contribution in [0.2, 0.25) is 0 Å². The van der Waals surface area contributed by atoms with Crippen LogP contribution >= 0.6 is 11.3 Å². The number of thiophene rings is 1. The monoisotopic (exact) mass is 515 g/mol. The van der Waals surface area contributed by atoms with Crippen LogP contribution in [-0.2, 0) is 21.0 Å². The lowest BCUT2D eigenvalue weighted by atomic mass is 9.67. The van der Waals surface area contributed by atoms with Crippen LogP contribution in [-0.4, -0.2) is 41.4 Å². The van der Waals surface area contributed by atoms with Gasteiger partial charge in [0.1, 0.15) is 11.5 Å². The molecule has 0 spiro atoms. The highest BCUT2D eigenvalue weighted by molar-refractivity contribution is 7.08. The fourth-order valence-corrected chi connectivity index (χ4v) is 4.79. The molecule has 7 N–H and O–H groups in total. The number of aliphatic hydroxyl groups excluding tert-OH is 1. The van der Waals surface area contributed by atoms with Crippen molar-refractivity contribution in [3.05, 3.63) is 52.2 Å². The van der Waals surface area contributed by atoms with Crippen LogP contribution in [0.25, 0.3) is 0 Å². The number of carbonyl (C=O) groups is 4. The number of hydrogen-bond donors (Lipinski definition) is 6. The molecule has 3 rings (SSSR count). The highest BCUT2D eigenvalue weighted by Gasteiger charge is 2.51. The number of primary amides is 1. The summed E-state index contributed by atoms with van der Waals surface area (Å²) in [6.07, 6.45) is 2.17. The summed E-state index contributed by atoms with van der Waals surface area (Å²) in [5.41, 5.74) is 6.05. The van der Waals surface area contributed by atoms with Gasteiger partial charge in [0.2, 0.25) is 17.7 Å². The number of urea groups is 1. The van der Waals surface area contributed by atoms with E-state index in [1.165, 1.54) is 11.3 Å². The van der Waals surface area contributed by atoms with Crippen LogP contribution in [0.3, 0.4) is 0 Å². The Kier molecular flexibility index (Phi) is 9.43. The molecule has 11 heteroatoms. The number of rotatable bonds is 12. The minimum atomic E-state index is -1.23. The van der Waals surface area contributed by atoms with Crippen molar-refractivity contribution in [2.45, 2.75) is 57.7 Å². The van der Waals surface area contributed by atoms with Crippen LogP contribution in [0.4, 0.5) is 10.5 Å². The summed E-state index contributed by atoms with van der Waals surface area (Å²) in [7, 11) is 0. The van der Waals surface area contributed by atoms with Gasteiger partial charge in [-0.3, -0.25) is 14.4 Å². The van der Waals surface area contributed by atoms with Gasteiger partial charge in [0.05, 0.1) is 12.6 Å². The van der Waals surface area contributed by atoms with Crippen molar-refractivity contribution in [3.8, 4) is 0 Å². The molecule has 1 saturated carbocycles. The Hall–Kier alpha value is -3.44. The van der Waals surface area contributed by atoms with Gasteiger partial charge < -0.3 is 32.1 Å².